The van der Waals surface area contributed by atoms with Gasteiger partial charge < -0.3 is 4.74 Å². The number of nitrogens with zero attached hydrogens (tertiary/aromatic N) is 2. The third kappa shape index (κ3) is 4.07. The summed E-state index contributed by atoms with van der Waals surface area (Å²) in [5, 5.41) is 3.64. The molecule has 3 aromatic rings. The molecule has 0 fully saturated rings. The van der Waals surface area contributed by atoms with Gasteiger partial charge >= 0.3 is 5.97 Å². The molecular formula is C21H20ClN3O3. The van der Waals surface area contributed by atoms with E-state index in [4.69, 9.17) is 16.3 Å². The quantitative estimate of drug-likeness (QED) is 0.522. The van der Waals surface area contributed by atoms with E-state index in [2.05, 4.69) is 10.1 Å². The molecule has 0 spiro atoms. The van der Waals surface area contributed by atoms with Gasteiger partial charge in [0.1, 0.15) is 0 Å². The molecule has 7 heteroatoms. The second-order valence-electron chi connectivity index (χ2n) is 6.32. The maximum atomic E-state index is 13.1. The molecule has 6 nitrogen and oxygen atoms in total. The molecule has 0 aliphatic heterocycles. The number of H-pyrrole nitrogens is 1. The number of hydrogen-bond acceptors (Lipinski definition) is 4. The monoisotopic (exact) mass is 397 g/mol. The Morgan fingerprint density at radius 2 is 1.93 bits per heavy atom. The van der Waals surface area contributed by atoms with Crippen LogP contribution in [0.3, 0.4) is 0 Å². The number of hydrogen-bond donors (Lipinski definition) is 1. The van der Waals surface area contributed by atoms with Crippen LogP contribution in [0.25, 0.3) is 5.69 Å². The number of carbonyl (C=O) groups excluding carboxylic acids is 1. The number of aliphatic imine (C=N–C) groups is 1. The Labute approximate surface area is 167 Å². The minimum atomic E-state index is -0.446. The summed E-state index contributed by atoms with van der Waals surface area (Å²) in [5.41, 5.74) is 3.29. The molecule has 0 amide bonds. The molecule has 28 heavy (non-hydrogen) atoms. The Kier molecular flexibility index (Phi) is 5.80. The number of aryl methyl sites for hydroxylation is 1. The van der Waals surface area contributed by atoms with E-state index < -0.39 is 5.97 Å². The molecule has 0 aliphatic rings. The fourth-order valence-electron chi connectivity index (χ4n) is 2.94. The molecule has 0 saturated heterocycles. The number of esters is 1. The lowest BCUT2D eigenvalue weighted by Crippen LogP contribution is -2.20. The predicted molar refractivity (Wildman–Crippen MR) is 110 cm³/mol. The summed E-state index contributed by atoms with van der Waals surface area (Å²) in [4.78, 5) is 29.6. The SMILES string of the molecule is COC(=O)Cc1[nH]n(-c2ccccc2)c(=O)c1C(C)=Nc1ccc(Cl)cc1C. The van der Waals surface area contributed by atoms with Gasteiger partial charge in [-0.25, -0.2) is 4.68 Å². The zero-order chi connectivity index (χ0) is 20.3. The number of nitrogens with one attached hydrogen (secondary N) is 1. The summed E-state index contributed by atoms with van der Waals surface area (Å²) >= 11 is 6.01. The summed E-state index contributed by atoms with van der Waals surface area (Å²) in [7, 11) is 1.31. The lowest BCUT2D eigenvalue weighted by molar-refractivity contribution is -0.139. The normalized spacial score (nSPS) is 11.5. The maximum absolute atomic E-state index is 13.1. The number of methoxy groups -OCH3 is 1. The van der Waals surface area contributed by atoms with Crippen molar-refractivity contribution in [3.63, 3.8) is 0 Å². The van der Waals surface area contributed by atoms with Crippen molar-refractivity contribution in [2.24, 2.45) is 4.99 Å². The van der Waals surface area contributed by atoms with Gasteiger partial charge in [0.2, 0.25) is 0 Å². The van der Waals surface area contributed by atoms with Gasteiger partial charge in [0.25, 0.3) is 5.56 Å². The topological polar surface area (TPSA) is 76.5 Å². The van der Waals surface area contributed by atoms with Crippen LogP contribution in [0.5, 0.6) is 0 Å². The van der Waals surface area contributed by atoms with Crippen LogP contribution >= 0.6 is 11.6 Å². The van der Waals surface area contributed by atoms with E-state index in [1.54, 1.807) is 31.2 Å². The number of benzene rings is 2. The third-order valence-electron chi connectivity index (χ3n) is 4.34. The Morgan fingerprint density at radius 1 is 1.21 bits per heavy atom. The first kappa shape index (κ1) is 19.6. The van der Waals surface area contributed by atoms with Gasteiger partial charge in [0.05, 0.1) is 41.9 Å². The smallest absolute Gasteiger partial charge is 0.311 e. The van der Waals surface area contributed by atoms with E-state index in [0.717, 1.165) is 5.56 Å². The minimum absolute atomic E-state index is 0.0621. The first-order valence-electron chi connectivity index (χ1n) is 8.68. The lowest BCUT2D eigenvalue weighted by Gasteiger charge is -2.04. The van der Waals surface area contributed by atoms with Gasteiger partial charge in [-0.2, -0.15) is 0 Å². The molecule has 1 aromatic heterocycles. The Balaban J connectivity index is 2.14. The summed E-state index contributed by atoms with van der Waals surface area (Å²) in [6, 6.07) is 14.5. The molecule has 3 rings (SSSR count). The van der Waals surface area contributed by atoms with Crippen LogP contribution in [0.1, 0.15) is 23.7 Å². The average molecular weight is 398 g/mol. The fourth-order valence-corrected chi connectivity index (χ4v) is 3.17. The van der Waals surface area contributed by atoms with Crippen molar-refractivity contribution >= 4 is 29.0 Å². The van der Waals surface area contributed by atoms with Crippen molar-refractivity contribution in [3.8, 4) is 5.69 Å². The molecule has 2 aromatic carbocycles. The molecule has 0 unspecified atom stereocenters. The zero-order valence-corrected chi connectivity index (χ0v) is 16.6. The second kappa shape index (κ2) is 8.27. The molecule has 0 atom stereocenters. The van der Waals surface area contributed by atoms with Crippen LogP contribution in [-0.4, -0.2) is 28.6 Å². The van der Waals surface area contributed by atoms with Crippen molar-refractivity contribution in [1.29, 1.82) is 0 Å². The van der Waals surface area contributed by atoms with Gasteiger partial charge in [-0.1, -0.05) is 29.8 Å². The fraction of sp³-hybridized carbons (Fsp3) is 0.190. The van der Waals surface area contributed by atoms with Crippen LogP contribution in [0.2, 0.25) is 5.02 Å². The van der Waals surface area contributed by atoms with E-state index in [1.165, 1.54) is 11.8 Å². The Morgan fingerprint density at radius 3 is 2.57 bits per heavy atom. The molecular weight excluding hydrogens is 378 g/mol. The summed E-state index contributed by atoms with van der Waals surface area (Å²) < 4.78 is 6.17. The summed E-state index contributed by atoms with van der Waals surface area (Å²) in [5.74, 6) is -0.446. The number of carbonyl (C=O) groups is 1. The minimum Gasteiger partial charge on any atom is -0.469 e. The number of rotatable bonds is 5. The highest BCUT2D eigenvalue weighted by Crippen LogP contribution is 2.23. The van der Waals surface area contributed by atoms with Crippen LogP contribution < -0.4 is 5.56 Å². The number of aromatic amines is 1. The molecule has 0 radical (unpaired) electrons. The molecule has 144 valence electrons. The maximum Gasteiger partial charge on any atom is 0.311 e. The standard InChI is InChI=1S/C21H20ClN3O3/c1-13-11-15(22)9-10-17(13)23-14(2)20-18(12-19(26)28-3)24-25(21(20)27)16-7-5-4-6-8-16/h4-11,24H,12H2,1-3H3. The largest absolute Gasteiger partial charge is 0.469 e. The third-order valence-corrected chi connectivity index (χ3v) is 4.57. The van der Waals surface area contributed by atoms with E-state index in [9.17, 15) is 9.59 Å². The van der Waals surface area contributed by atoms with E-state index in [1.807, 2.05) is 31.2 Å². The van der Waals surface area contributed by atoms with E-state index >= 15 is 0 Å². The number of halogens is 1. The second-order valence-corrected chi connectivity index (χ2v) is 6.76. The molecule has 1 N–H and O–H groups in total. The highest BCUT2D eigenvalue weighted by atomic mass is 35.5. The van der Waals surface area contributed by atoms with Gasteiger partial charge in [-0.15, -0.1) is 0 Å². The van der Waals surface area contributed by atoms with Gasteiger partial charge in [0, 0.05) is 5.02 Å². The summed E-state index contributed by atoms with van der Waals surface area (Å²) in [6.07, 6.45) is -0.0621. The van der Waals surface area contributed by atoms with Crippen molar-refractivity contribution in [1.82, 2.24) is 9.78 Å². The van der Waals surface area contributed by atoms with Crippen molar-refractivity contribution in [2.45, 2.75) is 20.3 Å². The Bertz CT molecular complexity index is 1100. The average Bonchev–Trinajstić information content (AvgIpc) is 3.00. The molecule has 1 heterocycles. The zero-order valence-electron chi connectivity index (χ0n) is 15.8. The number of aromatic nitrogens is 2. The van der Waals surface area contributed by atoms with E-state index in [0.29, 0.717) is 33.4 Å². The van der Waals surface area contributed by atoms with Crippen molar-refractivity contribution in [3.05, 3.63) is 80.7 Å². The predicted octanol–water partition coefficient (Wildman–Crippen LogP) is 3.98. The van der Waals surface area contributed by atoms with Crippen LogP contribution in [0.4, 0.5) is 5.69 Å². The van der Waals surface area contributed by atoms with Gasteiger partial charge in [-0.05, 0) is 49.7 Å². The highest BCUT2D eigenvalue weighted by molar-refractivity contribution is 6.30. The van der Waals surface area contributed by atoms with Crippen LogP contribution in [-0.2, 0) is 16.0 Å². The molecule has 0 aliphatic carbocycles. The van der Waals surface area contributed by atoms with E-state index in [-0.39, 0.29) is 12.0 Å². The molecule has 0 bridgehead atoms. The first-order valence-corrected chi connectivity index (χ1v) is 9.06. The first-order chi connectivity index (χ1) is 13.4. The Hall–Kier alpha value is -3.12. The lowest BCUT2D eigenvalue weighted by atomic mass is 10.1. The van der Waals surface area contributed by atoms with Gasteiger partial charge in [-0.3, -0.25) is 19.7 Å². The molecule has 0 saturated carbocycles. The summed E-state index contributed by atoms with van der Waals surface area (Å²) in [6.45, 7) is 3.64. The van der Waals surface area contributed by atoms with Crippen LogP contribution in [0.15, 0.2) is 58.3 Å². The van der Waals surface area contributed by atoms with Crippen molar-refractivity contribution < 1.29 is 9.53 Å². The highest BCUT2D eigenvalue weighted by Gasteiger charge is 2.20. The van der Waals surface area contributed by atoms with Crippen LogP contribution in [0, 0.1) is 6.92 Å². The van der Waals surface area contributed by atoms with Crippen molar-refractivity contribution in [2.75, 3.05) is 7.11 Å². The van der Waals surface area contributed by atoms with Gasteiger partial charge in [0.15, 0.2) is 0 Å². The number of ether oxygens (including phenoxy) is 1. The number of para-hydroxylation sites is 1.